The van der Waals surface area contributed by atoms with E-state index in [1.54, 1.807) is 6.08 Å². The van der Waals surface area contributed by atoms with Gasteiger partial charge >= 0.3 is 0 Å². The number of hydrogen-bond acceptors (Lipinski definition) is 4. The summed E-state index contributed by atoms with van der Waals surface area (Å²) in [6.07, 6.45) is 9.81. The van der Waals surface area contributed by atoms with E-state index in [9.17, 15) is 18.6 Å². The van der Waals surface area contributed by atoms with Gasteiger partial charge in [-0.3, -0.25) is 0 Å². The summed E-state index contributed by atoms with van der Waals surface area (Å²) in [7, 11) is -1.30. The lowest BCUT2D eigenvalue weighted by Gasteiger charge is -2.16. The third-order valence-corrected chi connectivity index (χ3v) is 7.25. The van der Waals surface area contributed by atoms with Crippen LogP contribution in [0.25, 0.3) is 11.6 Å². The fourth-order valence-corrected chi connectivity index (χ4v) is 4.64. The van der Waals surface area contributed by atoms with Crippen molar-refractivity contribution in [3.8, 4) is 11.5 Å². The van der Waals surface area contributed by atoms with Gasteiger partial charge in [0.15, 0.2) is 4.90 Å². The van der Waals surface area contributed by atoms with Gasteiger partial charge in [-0.2, -0.15) is 0 Å². The van der Waals surface area contributed by atoms with Crippen LogP contribution in [0.4, 0.5) is 0 Å². The van der Waals surface area contributed by atoms with Gasteiger partial charge in [0.2, 0.25) is 10.0 Å². The highest BCUT2D eigenvalue weighted by Crippen LogP contribution is 2.34. The second-order valence-electron chi connectivity index (χ2n) is 7.94. The Balaban J connectivity index is 2.52. The van der Waals surface area contributed by atoms with Gasteiger partial charge in [-0.1, -0.05) is 44.2 Å². The standard InChI is InChI=1S/C23H27NO4S/c1-13(2)16-9-7-15(4)21-18(11-16)14(3)8-10-17-19(21)12-20(25)23(22(17)26)29(27,28)24(5)6/h7-13,25-26H,1-6H3. The monoisotopic (exact) mass is 413 g/mol. The predicted molar refractivity (Wildman–Crippen MR) is 116 cm³/mol. The van der Waals surface area contributed by atoms with Crippen LogP contribution in [0.1, 0.15) is 27.7 Å². The van der Waals surface area contributed by atoms with Gasteiger partial charge in [0.1, 0.15) is 11.5 Å². The lowest BCUT2D eigenvalue weighted by molar-refractivity contribution is 0.413. The number of hydrogen-bond donors (Lipinski definition) is 2. The van der Waals surface area contributed by atoms with Gasteiger partial charge in [-0.15, -0.1) is 0 Å². The van der Waals surface area contributed by atoms with E-state index < -0.39 is 26.4 Å². The maximum Gasteiger partial charge on any atom is 0.249 e. The Bertz CT molecular complexity index is 1240. The average Bonchev–Trinajstić information content (AvgIpc) is 2.86. The van der Waals surface area contributed by atoms with Crippen molar-refractivity contribution in [1.82, 2.24) is 4.31 Å². The predicted octanol–water partition coefficient (Wildman–Crippen LogP) is 2.71. The van der Waals surface area contributed by atoms with Gasteiger partial charge in [0, 0.05) is 19.3 Å². The van der Waals surface area contributed by atoms with E-state index in [4.69, 9.17) is 0 Å². The highest BCUT2D eigenvalue weighted by atomic mass is 32.2. The van der Waals surface area contributed by atoms with E-state index >= 15 is 0 Å². The van der Waals surface area contributed by atoms with Crippen molar-refractivity contribution in [2.24, 2.45) is 5.92 Å². The fraction of sp³-hybridized carbons (Fsp3) is 0.304. The Morgan fingerprint density at radius 1 is 0.966 bits per heavy atom. The minimum atomic E-state index is -4.02. The lowest BCUT2D eigenvalue weighted by Crippen LogP contribution is -2.31. The summed E-state index contributed by atoms with van der Waals surface area (Å²) in [5.41, 5.74) is 5.00. The van der Waals surface area contributed by atoms with Crippen LogP contribution in [0.3, 0.4) is 0 Å². The first-order valence-corrected chi connectivity index (χ1v) is 10.9. The van der Waals surface area contributed by atoms with E-state index in [-0.39, 0.29) is 0 Å². The van der Waals surface area contributed by atoms with Crippen LogP contribution in [0.15, 0.2) is 57.6 Å². The summed E-state index contributed by atoms with van der Waals surface area (Å²) in [5.74, 6) is -0.579. The number of benzene rings is 1. The van der Waals surface area contributed by atoms with Crippen LogP contribution in [-0.2, 0) is 10.0 Å². The van der Waals surface area contributed by atoms with Crippen molar-refractivity contribution in [2.45, 2.75) is 32.6 Å². The van der Waals surface area contributed by atoms with Crippen LogP contribution in [0, 0.1) is 5.92 Å². The second kappa shape index (κ2) is 7.35. The number of rotatable bonds is 3. The second-order valence-corrected chi connectivity index (χ2v) is 10.0. The van der Waals surface area contributed by atoms with Gasteiger partial charge in [0.05, 0.1) is 0 Å². The average molecular weight is 414 g/mol. The Kier molecular flexibility index (Phi) is 5.36. The molecule has 0 bridgehead atoms. The van der Waals surface area contributed by atoms with Crippen molar-refractivity contribution < 1.29 is 18.6 Å². The molecule has 0 radical (unpaired) electrons. The third-order valence-electron chi connectivity index (χ3n) is 5.37. The number of sulfonamides is 1. The van der Waals surface area contributed by atoms with Crippen LogP contribution in [0.5, 0.6) is 11.5 Å². The molecule has 0 unspecified atom stereocenters. The fourth-order valence-electron chi connectivity index (χ4n) is 3.59. The zero-order valence-electron chi connectivity index (χ0n) is 17.6. The van der Waals surface area contributed by atoms with Crippen LogP contribution >= 0.6 is 0 Å². The molecule has 0 amide bonds. The molecule has 29 heavy (non-hydrogen) atoms. The minimum Gasteiger partial charge on any atom is -0.506 e. The Morgan fingerprint density at radius 2 is 1.59 bits per heavy atom. The quantitative estimate of drug-likeness (QED) is 0.799. The topological polar surface area (TPSA) is 77.8 Å². The molecule has 2 aliphatic rings. The summed E-state index contributed by atoms with van der Waals surface area (Å²) < 4.78 is 26.3. The molecular formula is C23H27NO4S. The number of aromatic hydroxyl groups is 2. The summed E-state index contributed by atoms with van der Waals surface area (Å²) in [5, 5.41) is 22.5. The molecule has 0 saturated heterocycles. The maximum absolute atomic E-state index is 12.7. The first kappa shape index (κ1) is 21.1. The third kappa shape index (κ3) is 3.47. The maximum atomic E-state index is 12.7. The summed E-state index contributed by atoms with van der Waals surface area (Å²) in [6.45, 7) is 8.22. The Morgan fingerprint density at radius 3 is 2.17 bits per heavy atom. The SMILES string of the molecule is CC1=CC=c2c(O)c(S(=O)(=O)N(C)C)c(O)cc2=C2C(C)=CC=C(C(C)C)C=C12. The number of phenolic OH excluding ortho intramolecular Hbond substituents is 2. The molecule has 6 heteroatoms. The van der Waals surface area contributed by atoms with Crippen molar-refractivity contribution in [3.05, 3.63) is 63.1 Å². The molecule has 0 saturated carbocycles. The lowest BCUT2D eigenvalue weighted by atomic mass is 9.90. The Labute approximate surface area is 172 Å². The normalized spacial score (nSPS) is 16.8. The van der Waals surface area contributed by atoms with Gasteiger partial charge in [-0.25, -0.2) is 12.7 Å². The molecule has 0 aromatic heterocycles. The highest BCUT2D eigenvalue weighted by Gasteiger charge is 2.28. The largest absolute Gasteiger partial charge is 0.506 e. The summed E-state index contributed by atoms with van der Waals surface area (Å²) in [4.78, 5) is -0.479. The van der Waals surface area contributed by atoms with Crippen LogP contribution < -0.4 is 10.4 Å². The van der Waals surface area contributed by atoms with E-state index in [1.807, 2.05) is 26.0 Å². The number of nitrogens with zero attached hydrogens (tertiary/aromatic N) is 1. The van der Waals surface area contributed by atoms with E-state index in [0.29, 0.717) is 16.4 Å². The number of phenols is 2. The number of fused-ring (bicyclic) bond motifs is 2. The molecule has 2 N–H and O–H groups in total. The molecular weight excluding hydrogens is 386 g/mol. The zero-order chi connectivity index (χ0) is 21.7. The number of allylic oxidation sites excluding steroid dienone is 8. The van der Waals surface area contributed by atoms with Crippen LogP contribution in [-0.4, -0.2) is 37.0 Å². The van der Waals surface area contributed by atoms with Crippen molar-refractivity contribution in [3.63, 3.8) is 0 Å². The highest BCUT2D eigenvalue weighted by molar-refractivity contribution is 7.89. The van der Waals surface area contributed by atoms with Gasteiger partial charge < -0.3 is 10.2 Å². The zero-order valence-corrected chi connectivity index (χ0v) is 18.4. The van der Waals surface area contributed by atoms with Crippen molar-refractivity contribution in [1.29, 1.82) is 0 Å². The molecule has 2 aliphatic carbocycles. The molecule has 1 aromatic carbocycles. The first-order valence-electron chi connectivity index (χ1n) is 9.48. The molecule has 1 aromatic rings. The van der Waals surface area contributed by atoms with E-state index in [1.165, 1.54) is 25.7 Å². The molecule has 0 atom stereocenters. The van der Waals surface area contributed by atoms with E-state index in [2.05, 4.69) is 26.0 Å². The van der Waals surface area contributed by atoms with Crippen molar-refractivity contribution in [2.75, 3.05) is 14.1 Å². The smallest absolute Gasteiger partial charge is 0.249 e. The molecule has 0 heterocycles. The van der Waals surface area contributed by atoms with E-state index in [0.717, 1.165) is 26.6 Å². The Hall–Kier alpha value is -2.57. The molecule has 0 spiro atoms. The first-order chi connectivity index (χ1) is 13.5. The molecule has 5 nitrogen and oxygen atoms in total. The molecule has 0 fully saturated rings. The molecule has 0 aliphatic heterocycles. The van der Waals surface area contributed by atoms with Crippen molar-refractivity contribution >= 4 is 21.7 Å². The molecule has 3 rings (SSSR count). The van der Waals surface area contributed by atoms with Gasteiger partial charge in [-0.05, 0) is 58.9 Å². The molecule has 154 valence electrons. The van der Waals surface area contributed by atoms with Gasteiger partial charge in [0.25, 0.3) is 0 Å². The summed E-state index contributed by atoms with van der Waals surface area (Å²) >= 11 is 0. The minimum absolute atomic E-state index is 0.333. The van der Waals surface area contributed by atoms with Crippen LogP contribution in [0.2, 0.25) is 0 Å². The summed E-state index contributed by atoms with van der Waals surface area (Å²) in [6, 6.07) is 1.44.